The lowest BCUT2D eigenvalue weighted by Crippen LogP contribution is -2.24. The van der Waals surface area contributed by atoms with Gasteiger partial charge in [-0.2, -0.15) is 5.10 Å². The highest BCUT2D eigenvalue weighted by atomic mass is 16.5. The van der Waals surface area contributed by atoms with Crippen LogP contribution in [0.3, 0.4) is 0 Å². The molecule has 21 heavy (non-hydrogen) atoms. The van der Waals surface area contributed by atoms with Gasteiger partial charge in [-0.05, 0) is 31.2 Å². The molecule has 1 aromatic carbocycles. The second-order valence-corrected chi connectivity index (χ2v) is 3.98. The Kier molecular flexibility index (Phi) is 5.40. The summed E-state index contributed by atoms with van der Waals surface area (Å²) in [5.74, 6) is 1.30. The average Bonchev–Trinajstić information content (AvgIpc) is 3.00. The lowest BCUT2D eigenvalue weighted by Gasteiger charge is -2.10. The third kappa shape index (κ3) is 4.68. The monoisotopic (exact) mass is 288 g/mol. The van der Waals surface area contributed by atoms with Gasteiger partial charge in [0, 0.05) is 0 Å². The quantitative estimate of drug-likeness (QED) is 0.626. The number of para-hydroxylation sites is 2. The van der Waals surface area contributed by atoms with Gasteiger partial charge in [-0.3, -0.25) is 4.79 Å². The smallest absolute Gasteiger partial charge is 0.277 e. The largest absolute Gasteiger partial charge is 0.490 e. The fraction of sp³-hybridized carbons (Fsp3) is 0.200. The molecule has 6 nitrogen and oxygen atoms in total. The third-order valence-corrected chi connectivity index (χ3v) is 2.43. The van der Waals surface area contributed by atoms with E-state index in [9.17, 15) is 4.79 Å². The van der Waals surface area contributed by atoms with Crippen LogP contribution in [0.4, 0.5) is 0 Å². The Balaban J connectivity index is 1.81. The van der Waals surface area contributed by atoms with Gasteiger partial charge < -0.3 is 13.9 Å². The number of ether oxygens (including phenoxy) is 2. The fourth-order valence-electron chi connectivity index (χ4n) is 1.55. The van der Waals surface area contributed by atoms with E-state index in [0.29, 0.717) is 23.9 Å². The predicted molar refractivity (Wildman–Crippen MR) is 77.6 cm³/mol. The second kappa shape index (κ2) is 7.74. The van der Waals surface area contributed by atoms with E-state index < -0.39 is 0 Å². The van der Waals surface area contributed by atoms with Crippen molar-refractivity contribution in [3.8, 4) is 11.5 Å². The number of hydrazone groups is 1. The van der Waals surface area contributed by atoms with Crippen molar-refractivity contribution in [1.82, 2.24) is 5.43 Å². The van der Waals surface area contributed by atoms with Crippen molar-refractivity contribution < 1.29 is 18.7 Å². The Morgan fingerprint density at radius 2 is 2.00 bits per heavy atom. The average molecular weight is 288 g/mol. The Labute approximate surface area is 122 Å². The van der Waals surface area contributed by atoms with Gasteiger partial charge in [0.15, 0.2) is 18.1 Å². The molecule has 1 heterocycles. The van der Waals surface area contributed by atoms with E-state index in [2.05, 4.69) is 10.5 Å². The number of rotatable bonds is 7. The van der Waals surface area contributed by atoms with Crippen LogP contribution in [0.5, 0.6) is 11.5 Å². The van der Waals surface area contributed by atoms with Crippen molar-refractivity contribution in [3.05, 3.63) is 48.4 Å². The molecular weight excluding hydrogens is 272 g/mol. The van der Waals surface area contributed by atoms with Gasteiger partial charge in [-0.15, -0.1) is 0 Å². The zero-order valence-electron chi connectivity index (χ0n) is 11.6. The predicted octanol–water partition coefficient (Wildman–Crippen LogP) is 2.21. The highest BCUT2D eigenvalue weighted by molar-refractivity contribution is 5.81. The van der Waals surface area contributed by atoms with Gasteiger partial charge in [0.1, 0.15) is 5.76 Å². The maximum atomic E-state index is 11.6. The molecule has 0 saturated heterocycles. The molecule has 110 valence electrons. The summed E-state index contributed by atoms with van der Waals surface area (Å²) in [5.41, 5.74) is 2.35. The summed E-state index contributed by atoms with van der Waals surface area (Å²) in [7, 11) is 0. The summed E-state index contributed by atoms with van der Waals surface area (Å²) >= 11 is 0. The van der Waals surface area contributed by atoms with Crippen LogP contribution in [-0.2, 0) is 4.79 Å². The minimum atomic E-state index is -0.371. The first-order valence-electron chi connectivity index (χ1n) is 6.49. The number of nitrogens with one attached hydrogen (secondary N) is 1. The first-order valence-corrected chi connectivity index (χ1v) is 6.49. The van der Waals surface area contributed by atoms with Crippen LogP contribution >= 0.6 is 0 Å². The molecule has 0 atom stereocenters. The normalized spacial score (nSPS) is 10.5. The molecule has 0 fully saturated rings. The first kappa shape index (κ1) is 14.6. The molecule has 6 heteroatoms. The molecule has 1 aromatic heterocycles. The summed E-state index contributed by atoms with van der Waals surface area (Å²) in [4.78, 5) is 11.6. The summed E-state index contributed by atoms with van der Waals surface area (Å²) in [6, 6.07) is 10.6. The zero-order chi connectivity index (χ0) is 14.9. The molecule has 0 aliphatic rings. The fourth-order valence-corrected chi connectivity index (χ4v) is 1.55. The number of carbonyl (C=O) groups excluding carboxylic acids is 1. The van der Waals surface area contributed by atoms with E-state index in [-0.39, 0.29) is 12.5 Å². The molecule has 0 radical (unpaired) electrons. The molecular formula is C15H16N2O4. The van der Waals surface area contributed by atoms with Crippen LogP contribution in [0, 0.1) is 0 Å². The van der Waals surface area contributed by atoms with Crippen molar-refractivity contribution in [3.63, 3.8) is 0 Å². The highest BCUT2D eigenvalue weighted by Crippen LogP contribution is 2.26. The molecule has 2 rings (SSSR count). The van der Waals surface area contributed by atoms with Crippen LogP contribution < -0.4 is 14.9 Å². The van der Waals surface area contributed by atoms with Gasteiger partial charge >= 0.3 is 0 Å². The molecule has 0 aliphatic carbocycles. The van der Waals surface area contributed by atoms with Gasteiger partial charge in [0.2, 0.25) is 0 Å². The SMILES string of the molecule is CCOc1ccccc1OCC(=O)N/N=C\c1ccco1. The number of nitrogens with zero attached hydrogens (tertiary/aromatic N) is 1. The number of benzene rings is 1. The Morgan fingerprint density at radius 1 is 1.24 bits per heavy atom. The number of carbonyl (C=O) groups is 1. The molecule has 0 spiro atoms. The summed E-state index contributed by atoms with van der Waals surface area (Å²) in [6.07, 6.45) is 2.93. The van der Waals surface area contributed by atoms with Crippen molar-refractivity contribution >= 4 is 12.1 Å². The highest BCUT2D eigenvalue weighted by Gasteiger charge is 2.06. The van der Waals surface area contributed by atoms with E-state index in [1.807, 2.05) is 19.1 Å². The molecule has 2 aromatic rings. The summed E-state index contributed by atoms with van der Waals surface area (Å²) in [6.45, 7) is 2.26. The third-order valence-electron chi connectivity index (χ3n) is 2.43. The van der Waals surface area contributed by atoms with E-state index >= 15 is 0 Å². The van der Waals surface area contributed by atoms with Crippen LogP contribution in [0.1, 0.15) is 12.7 Å². The minimum Gasteiger partial charge on any atom is -0.490 e. The van der Waals surface area contributed by atoms with Crippen LogP contribution in [0.15, 0.2) is 52.2 Å². The van der Waals surface area contributed by atoms with Gasteiger partial charge in [-0.25, -0.2) is 5.43 Å². The van der Waals surface area contributed by atoms with Crippen molar-refractivity contribution in [1.29, 1.82) is 0 Å². The zero-order valence-corrected chi connectivity index (χ0v) is 11.6. The van der Waals surface area contributed by atoms with Crippen molar-refractivity contribution in [2.24, 2.45) is 5.10 Å². The maximum absolute atomic E-state index is 11.6. The summed E-state index contributed by atoms with van der Waals surface area (Å²) in [5, 5.41) is 3.76. The lowest BCUT2D eigenvalue weighted by molar-refractivity contribution is -0.123. The van der Waals surface area contributed by atoms with Crippen molar-refractivity contribution in [2.45, 2.75) is 6.92 Å². The maximum Gasteiger partial charge on any atom is 0.277 e. The van der Waals surface area contributed by atoms with E-state index in [0.717, 1.165) is 0 Å². The van der Waals surface area contributed by atoms with Gasteiger partial charge in [0.05, 0.1) is 19.1 Å². The lowest BCUT2D eigenvalue weighted by atomic mass is 10.3. The molecule has 0 aliphatic heterocycles. The number of hydrogen-bond donors (Lipinski definition) is 1. The van der Waals surface area contributed by atoms with Crippen LogP contribution in [0.25, 0.3) is 0 Å². The Hall–Kier alpha value is -2.76. The molecule has 0 saturated carbocycles. The standard InChI is InChI=1S/C15H16N2O4/c1-2-19-13-7-3-4-8-14(13)21-11-15(18)17-16-10-12-6-5-9-20-12/h3-10H,2,11H2,1H3,(H,17,18)/b16-10-. The Morgan fingerprint density at radius 3 is 2.67 bits per heavy atom. The molecule has 0 unspecified atom stereocenters. The van der Waals surface area contributed by atoms with Crippen LogP contribution in [0.2, 0.25) is 0 Å². The van der Waals surface area contributed by atoms with Gasteiger partial charge in [0.25, 0.3) is 5.91 Å². The number of hydrogen-bond acceptors (Lipinski definition) is 5. The number of furan rings is 1. The molecule has 1 N–H and O–H groups in total. The Bertz CT molecular complexity index is 593. The van der Waals surface area contributed by atoms with Crippen molar-refractivity contribution in [2.75, 3.05) is 13.2 Å². The van der Waals surface area contributed by atoms with E-state index in [1.54, 1.807) is 24.3 Å². The minimum absolute atomic E-state index is 0.153. The number of amides is 1. The summed E-state index contributed by atoms with van der Waals surface area (Å²) < 4.78 is 15.8. The molecule has 1 amide bonds. The van der Waals surface area contributed by atoms with E-state index in [1.165, 1.54) is 12.5 Å². The van der Waals surface area contributed by atoms with Gasteiger partial charge in [-0.1, -0.05) is 12.1 Å². The topological polar surface area (TPSA) is 73.1 Å². The molecule has 0 bridgehead atoms. The second-order valence-electron chi connectivity index (χ2n) is 3.98. The first-order chi connectivity index (χ1) is 10.3. The van der Waals surface area contributed by atoms with E-state index in [4.69, 9.17) is 13.9 Å². The van der Waals surface area contributed by atoms with Crippen LogP contribution in [-0.4, -0.2) is 25.3 Å².